The van der Waals surface area contributed by atoms with E-state index in [-0.39, 0.29) is 18.9 Å². The summed E-state index contributed by atoms with van der Waals surface area (Å²) in [7, 11) is 0. The van der Waals surface area contributed by atoms with E-state index in [4.69, 9.17) is 18.9 Å². The second-order valence-electron chi connectivity index (χ2n) is 23.2. The van der Waals surface area contributed by atoms with Crippen LogP contribution >= 0.6 is 0 Å². The van der Waals surface area contributed by atoms with E-state index in [1.165, 1.54) is 77.0 Å². The SMILES string of the molecule is CC/C=C\C/C=C\C/C=C\C/C=C\C/C=C\C/C=C\C/C=C\C/C=C\C/C=C\C/C=C\CCCCCCCCCCC(=O)NC(COC1OC(CO)C(OC2OC(CO)C(O)C(O)C2O)C(O)C1O)C(O)CCCCCCCCCCCCCCC. The zero-order valence-electron chi connectivity index (χ0n) is 53.3. The maximum atomic E-state index is 13.3. The quantitative estimate of drug-likeness (QED) is 0.0204. The van der Waals surface area contributed by atoms with E-state index >= 15 is 0 Å². The number of unbranched alkanes of at least 4 members (excludes halogenated alkanes) is 20. The average Bonchev–Trinajstić information content (AvgIpc) is 2.76. The van der Waals surface area contributed by atoms with Gasteiger partial charge in [-0.1, -0.05) is 257 Å². The van der Waals surface area contributed by atoms with Crippen molar-refractivity contribution in [2.45, 2.75) is 306 Å². The lowest BCUT2D eigenvalue weighted by Crippen LogP contribution is -2.65. The summed E-state index contributed by atoms with van der Waals surface area (Å²) in [5.41, 5.74) is 0. The van der Waals surface area contributed by atoms with Crippen molar-refractivity contribution < 1.29 is 64.6 Å². The van der Waals surface area contributed by atoms with Gasteiger partial charge in [-0.15, -0.1) is 0 Å². The van der Waals surface area contributed by atoms with Crippen LogP contribution in [0, 0.1) is 0 Å². The van der Waals surface area contributed by atoms with Gasteiger partial charge in [-0.2, -0.15) is 0 Å². The van der Waals surface area contributed by atoms with Crippen LogP contribution in [0.5, 0.6) is 0 Å². The van der Waals surface area contributed by atoms with Gasteiger partial charge in [0.1, 0.15) is 48.8 Å². The molecule has 2 saturated heterocycles. The topological polar surface area (TPSA) is 228 Å². The summed E-state index contributed by atoms with van der Waals surface area (Å²) in [6, 6.07) is -0.841. The summed E-state index contributed by atoms with van der Waals surface area (Å²) in [5, 5.41) is 87.3. The van der Waals surface area contributed by atoms with E-state index in [1.54, 1.807) is 0 Å². The van der Waals surface area contributed by atoms with Crippen molar-refractivity contribution >= 4 is 5.91 Å². The Labute approximate surface area is 520 Å². The molecule has 12 unspecified atom stereocenters. The molecule has 0 aromatic carbocycles. The van der Waals surface area contributed by atoms with Gasteiger partial charge in [0.2, 0.25) is 5.91 Å². The van der Waals surface area contributed by atoms with Gasteiger partial charge in [-0.3, -0.25) is 4.79 Å². The number of rotatable bonds is 53. The Morgan fingerprint density at radius 2 is 0.802 bits per heavy atom. The van der Waals surface area contributed by atoms with Crippen molar-refractivity contribution in [2.24, 2.45) is 0 Å². The summed E-state index contributed by atoms with van der Waals surface area (Å²) >= 11 is 0. The maximum absolute atomic E-state index is 13.3. The molecule has 2 aliphatic rings. The maximum Gasteiger partial charge on any atom is 0.220 e. The minimum atomic E-state index is -1.79. The molecule has 0 saturated carbocycles. The highest BCUT2D eigenvalue weighted by Crippen LogP contribution is 2.30. The van der Waals surface area contributed by atoms with Crippen molar-refractivity contribution in [3.63, 3.8) is 0 Å². The van der Waals surface area contributed by atoms with E-state index in [0.29, 0.717) is 12.8 Å². The molecule has 0 aromatic heterocycles. The van der Waals surface area contributed by atoms with Crippen LogP contribution < -0.4 is 5.32 Å². The molecule has 86 heavy (non-hydrogen) atoms. The van der Waals surface area contributed by atoms with Crippen molar-refractivity contribution in [2.75, 3.05) is 19.8 Å². The van der Waals surface area contributed by atoms with Crippen molar-refractivity contribution in [1.82, 2.24) is 5.32 Å². The highest BCUT2D eigenvalue weighted by atomic mass is 16.7. The number of carbonyl (C=O) groups is 1. The molecule has 0 aromatic rings. The molecule has 0 aliphatic carbocycles. The minimum Gasteiger partial charge on any atom is -0.394 e. The zero-order chi connectivity index (χ0) is 62.3. The molecule has 0 bridgehead atoms. The number of hydrogen-bond donors (Lipinski definition) is 9. The van der Waals surface area contributed by atoms with Crippen LogP contribution in [0.15, 0.2) is 122 Å². The van der Waals surface area contributed by atoms with Crippen LogP contribution in [-0.4, -0.2) is 140 Å². The van der Waals surface area contributed by atoms with Gasteiger partial charge < -0.3 is 65.1 Å². The molecule has 0 radical (unpaired) electrons. The van der Waals surface area contributed by atoms with Crippen LogP contribution in [0.3, 0.4) is 0 Å². The summed E-state index contributed by atoms with van der Waals surface area (Å²) in [5.74, 6) is -0.220. The summed E-state index contributed by atoms with van der Waals surface area (Å²) < 4.78 is 22.8. The number of ether oxygens (including phenoxy) is 4. The van der Waals surface area contributed by atoms with Gasteiger partial charge in [-0.05, 0) is 89.9 Å². The second-order valence-corrected chi connectivity index (χ2v) is 23.2. The molecule has 2 fully saturated rings. The number of allylic oxidation sites excluding steroid dienone is 20. The lowest BCUT2D eigenvalue weighted by atomic mass is 9.97. The first-order valence-corrected chi connectivity index (χ1v) is 33.8. The van der Waals surface area contributed by atoms with Crippen LogP contribution in [0.2, 0.25) is 0 Å². The molecule has 2 aliphatic heterocycles. The number of aliphatic hydroxyl groups excluding tert-OH is 8. The Kier molecular flexibility index (Phi) is 50.6. The number of hydrogen-bond acceptors (Lipinski definition) is 13. The van der Waals surface area contributed by atoms with Crippen molar-refractivity contribution in [1.29, 1.82) is 0 Å². The molecule has 1 amide bonds. The van der Waals surface area contributed by atoms with Gasteiger partial charge in [0.15, 0.2) is 12.6 Å². The normalized spacial score (nSPS) is 24.2. The molecule has 0 spiro atoms. The lowest BCUT2D eigenvalue weighted by molar-refractivity contribution is -0.359. The van der Waals surface area contributed by atoms with Crippen LogP contribution in [0.1, 0.15) is 232 Å². The third-order valence-electron chi connectivity index (χ3n) is 15.7. The predicted molar refractivity (Wildman–Crippen MR) is 350 cm³/mol. The van der Waals surface area contributed by atoms with Gasteiger partial charge in [0, 0.05) is 6.42 Å². The largest absolute Gasteiger partial charge is 0.394 e. The van der Waals surface area contributed by atoms with Crippen LogP contribution in [-0.2, 0) is 23.7 Å². The first-order chi connectivity index (χ1) is 42.1. The second kappa shape index (κ2) is 55.5. The molecule has 2 heterocycles. The number of aliphatic hydroxyl groups is 8. The first kappa shape index (κ1) is 78.5. The minimum absolute atomic E-state index is 0.220. The Bertz CT molecular complexity index is 1910. The summed E-state index contributed by atoms with van der Waals surface area (Å²) in [4.78, 5) is 13.3. The molecular formula is C72H121NO13. The molecule has 2 rings (SSSR count). The zero-order valence-corrected chi connectivity index (χ0v) is 53.3. The number of carbonyl (C=O) groups excluding carboxylic acids is 1. The van der Waals surface area contributed by atoms with Gasteiger partial charge in [-0.25, -0.2) is 0 Å². The molecule has 14 nitrogen and oxygen atoms in total. The van der Waals surface area contributed by atoms with Crippen molar-refractivity contribution in [3.05, 3.63) is 122 Å². The average molecular weight is 1210 g/mol. The van der Waals surface area contributed by atoms with E-state index < -0.39 is 86.8 Å². The van der Waals surface area contributed by atoms with E-state index in [9.17, 15) is 45.6 Å². The van der Waals surface area contributed by atoms with Gasteiger partial charge >= 0.3 is 0 Å². The first-order valence-electron chi connectivity index (χ1n) is 33.8. The van der Waals surface area contributed by atoms with E-state index in [1.807, 2.05) is 0 Å². The highest BCUT2D eigenvalue weighted by molar-refractivity contribution is 5.76. The highest BCUT2D eigenvalue weighted by Gasteiger charge is 2.51. The number of amides is 1. The third-order valence-corrected chi connectivity index (χ3v) is 15.7. The van der Waals surface area contributed by atoms with Gasteiger partial charge in [0.25, 0.3) is 0 Å². The number of nitrogens with one attached hydrogen (secondary N) is 1. The fourth-order valence-electron chi connectivity index (χ4n) is 10.3. The molecule has 9 N–H and O–H groups in total. The Balaban J connectivity index is 1.62. The molecule has 492 valence electrons. The van der Waals surface area contributed by atoms with E-state index in [2.05, 4.69) is 141 Å². The molecule has 14 heteroatoms. The summed E-state index contributed by atoms with van der Waals surface area (Å²) in [6.07, 6.45) is 63.5. The summed E-state index contributed by atoms with van der Waals surface area (Å²) in [6.45, 7) is 2.73. The van der Waals surface area contributed by atoms with Crippen LogP contribution in [0.25, 0.3) is 0 Å². The Morgan fingerprint density at radius 3 is 1.23 bits per heavy atom. The van der Waals surface area contributed by atoms with Crippen LogP contribution in [0.4, 0.5) is 0 Å². The molecule has 12 atom stereocenters. The van der Waals surface area contributed by atoms with Crippen molar-refractivity contribution in [3.8, 4) is 0 Å². The monoisotopic (exact) mass is 1210 g/mol. The lowest BCUT2D eigenvalue weighted by Gasteiger charge is -2.46. The van der Waals surface area contributed by atoms with E-state index in [0.717, 1.165) is 122 Å². The Morgan fingerprint density at radius 1 is 0.430 bits per heavy atom. The Hall–Kier alpha value is -3.61. The van der Waals surface area contributed by atoms with Gasteiger partial charge in [0.05, 0.1) is 32.0 Å². The smallest absolute Gasteiger partial charge is 0.220 e. The molecular weight excluding hydrogens is 1090 g/mol. The predicted octanol–water partition coefficient (Wildman–Crippen LogP) is 13.3. The fourth-order valence-corrected chi connectivity index (χ4v) is 10.3. The third kappa shape index (κ3) is 39.4. The fraction of sp³-hybridized carbons (Fsp3) is 0.708. The standard InChI is InChI=1S/C72H121NO13/c1-3-5-7-9-11-13-15-17-18-19-20-21-22-23-24-25-26-27-28-29-30-31-32-33-34-35-36-37-38-39-40-41-42-44-46-48-50-52-54-56-64(77)73-60(61(76)55-53-51-49-47-45-43-16-14-12-10-8-6-4-2)59-83-71-69(82)67(80)70(63(58-75)85-71)86-72-68(81)66(79)65(78)62(57-74)84-72/h5,7,11,13,17-18,20-21,23-24,26-27,29-30,32-33,35-36,38-39,60-63,65-72,74-76,78-82H,3-4,6,8-10,12,14-16,19,22,25,28,31,34,37,40-59H2,1-2H3,(H,73,77)/b7-5-,13-11-,18-17-,21-20-,24-23-,27-26-,30-29-,33-32-,36-35-,39-38-.